The fraction of sp³-hybridized carbons (Fsp3) is 0.414. The molecule has 2 aromatic carbocycles. The lowest BCUT2D eigenvalue weighted by molar-refractivity contribution is -0.116. The summed E-state index contributed by atoms with van der Waals surface area (Å²) in [7, 11) is 0. The van der Waals surface area contributed by atoms with E-state index in [0.717, 1.165) is 34.6 Å². The zero-order valence-corrected chi connectivity index (χ0v) is 22.6. The van der Waals surface area contributed by atoms with Crippen molar-refractivity contribution < 1.29 is 9.59 Å². The number of aryl methyl sites for hydroxylation is 2. The first kappa shape index (κ1) is 27.0. The molecular formula is C29H39N5O2. The molecule has 0 atom stereocenters. The van der Waals surface area contributed by atoms with Gasteiger partial charge in [0.15, 0.2) is 0 Å². The van der Waals surface area contributed by atoms with Gasteiger partial charge in [-0.1, -0.05) is 77.4 Å². The van der Waals surface area contributed by atoms with Gasteiger partial charge in [-0.05, 0) is 43.0 Å². The van der Waals surface area contributed by atoms with Gasteiger partial charge in [0.1, 0.15) is 12.4 Å². The van der Waals surface area contributed by atoms with Crippen LogP contribution in [0.2, 0.25) is 0 Å². The maximum absolute atomic E-state index is 13.2. The quantitative estimate of drug-likeness (QED) is 0.397. The molecule has 0 aliphatic heterocycles. The third kappa shape index (κ3) is 6.97. The summed E-state index contributed by atoms with van der Waals surface area (Å²) in [5.41, 5.74) is 4.51. The number of urea groups is 1. The van der Waals surface area contributed by atoms with Crippen molar-refractivity contribution in [2.75, 3.05) is 23.7 Å². The summed E-state index contributed by atoms with van der Waals surface area (Å²) >= 11 is 0. The normalized spacial score (nSPS) is 11.4. The first-order valence-electron chi connectivity index (χ1n) is 12.6. The van der Waals surface area contributed by atoms with E-state index in [1.165, 1.54) is 0 Å². The largest absolute Gasteiger partial charge is 0.322 e. The van der Waals surface area contributed by atoms with Gasteiger partial charge in [-0.25, -0.2) is 9.48 Å². The van der Waals surface area contributed by atoms with Crippen LogP contribution in [-0.4, -0.2) is 39.7 Å². The molecule has 2 N–H and O–H groups in total. The molecule has 3 amide bonds. The number of hydrogen-bond acceptors (Lipinski definition) is 3. The Morgan fingerprint density at radius 3 is 2.31 bits per heavy atom. The van der Waals surface area contributed by atoms with E-state index in [2.05, 4.69) is 31.4 Å². The maximum Gasteiger partial charge on any atom is 0.322 e. The highest BCUT2D eigenvalue weighted by molar-refractivity contribution is 5.97. The van der Waals surface area contributed by atoms with Crippen molar-refractivity contribution in [3.05, 3.63) is 71.4 Å². The number of benzene rings is 2. The highest BCUT2D eigenvalue weighted by Gasteiger charge is 2.24. The predicted molar refractivity (Wildman–Crippen MR) is 147 cm³/mol. The lowest BCUT2D eigenvalue weighted by Gasteiger charge is -2.25. The van der Waals surface area contributed by atoms with E-state index >= 15 is 0 Å². The van der Waals surface area contributed by atoms with E-state index in [1.807, 2.05) is 82.3 Å². The summed E-state index contributed by atoms with van der Waals surface area (Å²) in [4.78, 5) is 27.9. The van der Waals surface area contributed by atoms with E-state index in [1.54, 1.807) is 9.58 Å². The molecule has 0 aliphatic rings. The SMILES string of the molecule is CCc1ccccc1NC(=O)N(CC(=O)Nc1cc(C(C)(C)C)nn1-c1ccc(C)cc1)CC(C)C. The van der Waals surface area contributed by atoms with Crippen molar-refractivity contribution in [1.82, 2.24) is 14.7 Å². The minimum absolute atomic E-state index is 0.0672. The highest BCUT2D eigenvalue weighted by atomic mass is 16.2. The first-order chi connectivity index (χ1) is 17.0. The lowest BCUT2D eigenvalue weighted by atomic mass is 9.92. The zero-order valence-electron chi connectivity index (χ0n) is 22.6. The summed E-state index contributed by atoms with van der Waals surface area (Å²) < 4.78 is 1.75. The van der Waals surface area contributed by atoms with Crippen molar-refractivity contribution >= 4 is 23.4 Å². The Kier molecular flexibility index (Phi) is 8.56. The van der Waals surface area contributed by atoms with Crippen LogP contribution < -0.4 is 10.6 Å². The second-order valence-corrected chi connectivity index (χ2v) is 10.7. The number of carbonyl (C=O) groups is 2. The van der Waals surface area contributed by atoms with E-state index in [9.17, 15) is 9.59 Å². The number of hydrogen-bond donors (Lipinski definition) is 2. The van der Waals surface area contributed by atoms with Gasteiger partial charge in [0.25, 0.3) is 0 Å². The Labute approximate surface area is 214 Å². The Morgan fingerprint density at radius 1 is 1.03 bits per heavy atom. The van der Waals surface area contributed by atoms with Crippen LogP contribution in [0.1, 0.15) is 58.4 Å². The summed E-state index contributed by atoms with van der Waals surface area (Å²) in [6.45, 7) is 14.8. The summed E-state index contributed by atoms with van der Waals surface area (Å²) in [5.74, 6) is 0.508. The number of amides is 3. The molecule has 3 aromatic rings. The van der Waals surface area contributed by atoms with Crippen LogP contribution in [-0.2, 0) is 16.6 Å². The van der Waals surface area contributed by atoms with Gasteiger partial charge in [0, 0.05) is 23.7 Å². The smallest absolute Gasteiger partial charge is 0.315 e. The molecule has 7 nitrogen and oxygen atoms in total. The zero-order chi connectivity index (χ0) is 26.5. The van der Waals surface area contributed by atoms with Crippen LogP contribution in [0.15, 0.2) is 54.6 Å². The standard InChI is InChI=1S/C29H39N5O2/c1-8-22-11-9-10-12-24(22)30-28(36)33(18-20(2)3)19-27(35)31-26-17-25(29(5,6)7)32-34(26)23-15-13-21(4)14-16-23/h9-17,20H,8,18-19H2,1-7H3,(H,30,36)(H,31,35). The summed E-state index contributed by atoms with van der Waals surface area (Å²) in [6.07, 6.45) is 0.806. The molecule has 0 unspecified atom stereocenters. The number of nitrogens with zero attached hydrogens (tertiary/aromatic N) is 3. The van der Waals surface area contributed by atoms with Crippen molar-refractivity contribution in [2.24, 2.45) is 5.92 Å². The molecule has 0 saturated carbocycles. The van der Waals surface area contributed by atoms with Gasteiger partial charge < -0.3 is 15.5 Å². The Bertz CT molecular complexity index is 1190. The number of para-hydroxylation sites is 1. The van der Waals surface area contributed by atoms with Gasteiger partial charge >= 0.3 is 6.03 Å². The second-order valence-electron chi connectivity index (χ2n) is 10.7. The van der Waals surface area contributed by atoms with Crippen LogP contribution in [0.25, 0.3) is 5.69 Å². The fourth-order valence-corrected chi connectivity index (χ4v) is 3.88. The Hall–Kier alpha value is -3.61. The molecule has 0 saturated heterocycles. The van der Waals surface area contributed by atoms with E-state index < -0.39 is 0 Å². The van der Waals surface area contributed by atoms with Crippen molar-refractivity contribution in [2.45, 2.75) is 60.3 Å². The molecule has 0 bridgehead atoms. The van der Waals surface area contributed by atoms with E-state index in [4.69, 9.17) is 5.10 Å². The number of carbonyl (C=O) groups excluding carboxylic acids is 2. The van der Waals surface area contributed by atoms with Gasteiger partial charge in [-0.15, -0.1) is 0 Å². The Balaban J connectivity index is 1.82. The van der Waals surface area contributed by atoms with Gasteiger partial charge in [0.2, 0.25) is 5.91 Å². The minimum atomic E-state index is -0.290. The predicted octanol–water partition coefficient (Wildman–Crippen LogP) is 6.17. The van der Waals surface area contributed by atoms with Crippen LogP contribution >= 0.6 is 0 Å². The second kappa shape index (κ2) is 11.4. The molecular weight excluding hydrogens is 450 g/mol. The first-order valence-corrected chi connectivity index (χ1v) is 12.6. The molecule has 1 aromatic heterocycles. The molecule has 3 rings (SSSR count). The van der Waals surface area contributed by atoms with Crippen LogP contribution in [0, 0.1) is 12.8 Å². The van der Waals surface area contributed by atoms with Gasteiger partial charge in [-0.2, -0.15) is 5.10 Å². The van der Waals surface area contributed by atoms with Crippen molar-refractivity contribution in [1.29, 1.82) is 0 Å². The lowest BCUT2D eigenvalue weighted by Crippen LogP contribution is -2.42. The fourth-order valence-electron chi connectivity index (χ4n) is 3.88. The van der Waals surface area contributed by atoms with Crippen molar-refractivity contribution in [3.63, 3.8) is 0 Å². The topological polar surface area (TPSA) is 79.3 Å². The molecule has 36 heavy (non-hydrogen) atoms. The number of rotatable bonds is 8. The molecule has 0 spiro atoms. The number of anilines is 2. The molecule has 1 heterocycles. The van der Waals surface area contributed by atoms with Gasteiger partial charge in [0.05, 0.1) is 11.4 Å². The maximum atomic E-state index is 13.2. The average Bonchev–Trinajstić information content (AvgIpc) is 3.23. The van der Waals surface area contributed by atoms with Crippen LogP contribution in [0.5, 0.6) is 0 Å². The average molecular weight is 490 g/mol. The highest BCUT2D eigenvalue weighted by Crippen LogP contribution is 2.26. The molecule has 7 heteroatoms. The number of nitrogens with one attached hydrogen (secondary N) is 2. The number of aromatic nitrogens is 2. The third-order valence-corrected chi connectivity index (χ3v) is 5.87. The molecule has 0 radical (unpaired) electrons. The van der Waals surface area contributed by atoms with Crippen LogP contribution in [0.4, 0.5) is 16.3 Å². The summed E-state index contributed by atoms with van der Waals surface area (Å²) in [6, 6.07) is 17.3. The minimum Gasteiger partial charge on any atom is -0.315 e. The molecule has 192 valence electrons. The third-order valence-electron chi connectivity index (χ3n) is 5.87. The van der Waals surface area contributed by atoms with E-state index in [0.29, 0.717) is 12.4 Å². The van der Waals surface area contributed by atoms with Crippen molar-refractivity contribution in [3.8, 4) is 5.69 Å². The molecule has 0 fully saturated rings. The molecule has 0 aliphatic carbocycles. The summed E-state index contributed by atoms with van der Waals surface area (Å²) in [5, 5.41) is 10.8. The monoisotopic (exact) mass is 489 g/mol. The Morgan fingerprint density at radius 2 is 1.69 bits per heavy atom. The van der Waals surface area contributed by atoms with Gasteiger partial charge in [-0.3, -0.25) is 4.79 Å². The van der Waals surface area contributed by atoms with Crippen LogP contribution in [0.3, 0.4) is 0 Å². The van der Waals surface area contributed by atoms with E-state index in [-0.39, 0.29) is 29.8 Å².